The van der Waals surface area contributed by atoms with Crippen molar-refractivity contribution < 1.29 is 19.1 Å². The van der Waals surface area contributed by atoms with Crippen molar-refractivity contribution in [3.05, 3.63) is 59.7 Å². The Labute approximate surface area is 182 Å². The van der Waals surface area contributed by atoms with Crippen LogP contribution in [0.2, 0.25) is 0 Å². The topological polar surface area (TPSA) is 67.9 Å². The van der Waals surface area contributed by atoms with Gasteiger partial charge in [0.1, 0.15) is 11.5 Å². The highest BCUT2D eigenvalue weighted by molar-refractivity contribution is 5.98. The first-order valence-electron chi connectivity index (χ1n) is 11.1. The lowest BCUT2D eigenvalue weighted by Crippen LogP contribution is -2.62. The Kier molecular flexibility index (Phi) is 4.88. The molecule has 0 unspecified atom stereocenters. The highest BCUT2D eigenvalue weighted by atomic mass is 16.5. The predicted octanol–water partition coefficient (Wildman–Crippen LogP) is 3.65. The fourth-order valence-electron chi connectivity index (χ4n) is 5.37. The second-order valence-corrected chi connectivity index (χ2v) is 8.86. The van der Waals surface area contributed by atoms with Gasteiger partial charge in [0.2, 0.25) is 5.91 Å². The minimum Gasteiger partial charge on any atom is -0.497 e. The molecule has 2 aliphatic heterocycles. The number of hydrogen-bond acceptors (Lipinski definition) is 4. The number of ether oxygens (including phenoxy) is 2. The lowest BCUT2D eigenvalue weighted by Gasteiger charge is -2.46. The van der Waals surface area contributed by atoms with E-state index in [0.717, 1.165) is 37.0 Å². The van der Waals surface area contributed by atoms with Crippen LogP contribution >= 0.6 is 0 Å². The first kappa shape index (κ1) is 19.9. The normalized spacial score (nSPS) is 21.2. The molecule has 1 N–H and O–H groups in total. The Morgan fingerprint density at radius 2 is 1.68 bits per heavy atom. The van der Waals surface area contributed by atoms with Gasteiger partial charge in [0.25, 0.3) is 5.91 Å². The minimum atomic E-state index is -0.731. The van der Waals surface area contributed by atoms with E-state index in [2.05, 4.69) is 5.32 Å². The zero-order chi connectivity index (χ0) is 21.5. The van der Waals surface area contributed by atoms with Gasteiger partial charge >= 0.3 is 0 Å². The third-order valence-electron chi connectivity index (χ3n) is 7.15. The molecule has 1 spiro atoms. The van der Waals surface area contributed by atoms with Crippen molar-refractivity contribution in [2.75, 3.05) is 20.2 Å². The van der Waals surface area contributed by atoms with Crippen molar-refractivity contribution in [3.63, 3.8) is 0 Å². The molecule has 31 heavy (non-hydrogen) atoms. The van der Waals surface area contributed by atoms with Crippen molar-refractivity contribution in [2.45, 2.75) is 49.7 Å². The number of carbonyl (C=O) groups is 2. The van der Waals surface area contributed by atoms with Gasteiger partial charge in [-0.05, 0) is 42.7 Å². The van der Waals surface area contributed by atoms with Gasteiger partial charge in [-0.25, -0.2) is 0 Å². The average Bonchev–Trinajstić information content (AvgIpc) is 3.30. The zero-order valence-electron chi connectivity index (χ0n) is 17.9. The van der Waals surface area contributed by atoms with Crippen LogP contribution in [0.4, 0.5) is 0 Å². The van der Waals surface area contributed by atoms with Crippen molar-refractivity contribution in [3.8, 4) is 11.5 Å². The van der Waals surface area contributed by atoms with Gasteiger partial charge in [0, 0.05) is 25.9 Å². The standard InChI is InChI=1S/C25H28N2O4/c1-30-19-10-8-18(9-11-19)24(12-4-5-13-24)23(29)27-16-14-25(15-17-27)26-22(28)20-6-2-3-7-21(20)31-25/h2-3,6-11H,4-5,12-17H2,1H3,(H,26,28). The molecule has 162 valence electrons. The molecule has 1 saturated carbocycles. The van der Waals surface area contributed by atoms with Gasteiger partial charge < -0.3 is 19.7 Å². The maximum atomic E-state index is 13.8. The number of rotatable bonds is 3. The van der Waals surface area contributed by atoms with Gasteiger partial charge in [-0.2, -0.15) is 0 Å². The Balaban J connectivity index is 1.34. The summed E-state index contributed by atoms with van der Waals surface area (Å²) in [7, 11) is 1.65. The number of carbonyl (C=O) groups excluding carboxylic acids is 2. The number of methoxy groups -OCH3 is 1. The predicted molar refractivity (Wildman–Crippen MR) is 116 cm³/mol. The highest BCUT2D eigenvalue weighted by Gasteiger charge is 2.48. The van der Waals surface area contributed by atoms with Crippen LogP contribution < -0.4 is 14.8 Å². The van der Waals surface area contributed by atoms with E-state index in [1.807, 2.05) is 47.4 Å². The highest BCUT2D eigenvalue weighted by Crippen LogP contribution is 2.44. The first-order chi connectivity index (χ1) is 15.1. The van der Waals surface area contributed by atoms with Crippen LogP contribution in [0, 0.1) is 0 Å². The molecule has 0 atom stereocenters. The monoisotopic (exact) mass is 420 g/mol. The van der Waals surface area contributed by atoms with Crippen LogP contribution in [0.1, 0.15) is 54.4 Å². The third kappa shape index (κ3) is 3.34. The number of nitrogens with zero attached hydrogens (tertiary/aromatic N) is 1. The van der Waals surface area contributed by atoms with E-state index in [4.69, 9.17) is 9.47 Å². The molecule has 6 nitrogen and oxygen atoms in total. The smallest absolute Gasteiger partial charge is 0.258 e. The summed E-state index contributed by atoms with van der Waals surface area (Å²) in [4.78, 5) is 28.3. The molecular weight excluding hydrogens is 392 g/mol. The summed E-state index contributed by atoms with van der Waals surface area (Å²) in [6.45, 7) is 1.14. The third-order valence-corrected chi connectivity index (χ3v) is 7.15. The van der Waals surface area contributed by atoms with Gasteiger partial charge in [-0.3, -0.25) is 9.59 Å². The molecule has 0 radical (unpaired) electrons. The SMILES string of the molecule is COc1ccc(C2(C(=O)N3CCC4(CC3)NC(=O)c3ccccc3O4)CCCC2)cc1. The molecule has 2 heterocycles. The van der Waals surface area contributed by atoms with E-state index in [0.29, 0.717) is 37.2 Å². The molecule has 5 rings (SSSR count). The van der Waals surface area contributed by atoms with Gasteiger partial charge in [0.05, 0.1) is 18.1 Å². The van der Waals surface area contributed by atoms with Crippen LogP contribution in [0.25, 0.3) is 0 Å². The van der Waals surface area contributed by atoms with E-state index in [9.17, 15) is 9.59 Å². The van der Waals surface area contributed by atoms with E-state index in [1.54, 1.807) is 13.2 Å². The fraction of sp³-hybridized carbons (Fsp3) is 0.440. The van der Waals surface area contributed by atoms with Crippen molar-refractivity contribution in [2.24, 2.45) is 0 Å². The summed E-state index contributed by atoms with van der Waals surface area (Å²) >= 11 is 0. The number of nitrogens with one attached hydrogen (secondary N) is 1. The number of likely N-dealkylation sites (tertiary alicyclic amines) is 1. The summed E-state index contributed by atoms with van der Waals surface area (Å²) in [5.41, 5.74) is 0.453. The average molecular weight is 421 g/mol. The molecule has 3 aliphatic rings. The number of hydrogen-bond donors (Lipinski definition) is 1. The van der Waals surface area contributed by atoms with E-state index in [-0.39, 0.29) is 11.8 Å². The number of fused-ring (bicyclic) bond motifs is 1. The van der Waals surface area contributed by atoms with Gasteiger partial charge in [-0.15, -0.1) is 0 Å². The molecule has 2 aromatic carbocycles. The largest absolute Gasteiger partial charge is 0.497 e. The number of amides is 2. The number of benzene rings is 2. The van der Waals surface area contributed by atoms with Crippen molar-refractivity contribution in [1.29, 1.82) is 0 Å². The molecule has 1 aliphatic carbocycles. The lowest BCUT2D eigenvalue weighted by atomic mass is 9.77. The summed E-state index contributed by atoms with van der Waals surface area (Å²) in [5, 5.41) is 3.06. The molecular formula is C25H28N2O4. The Morgan fingerprint density at radius 3 is 2.35 bits per heavy atom. The van der Waals surface area contributed by atoms with Crippen LogP contribution in [0.15, 0.2) is 48.5 Å². The van der Waals surface area contributed by atoms with Gasteiger partial charge in [-0.1, -0.05) is 37.1 Å². The van der Waals surface area contributed by atoms with Crippen LogP contribution in [-0.2, 0) is 10.2 Å². The van der Waals surface area contributed by atoms with Crippen LogP contribution in [0.5, 0.6) is 11.5 Å². The van der Waals surface area contributed by atoms with Gasteiger partial charge in [0.15, 0.2) is 5.72 Å². The first-order valence-corrected chi connectivity index (χ1v) is 11.1. The fourth-order valence-corrected chi connectivity index (χ4v) is 5.37. The molecule has 0 bridgehead atoms. The summed E-state index contributed by atoms with van der Waals surface area (Å²) < 4.78 is 11.5. The van der Waals surface area contributed by atoms with Crippen LogP contribution in [0.3, 0.4) is 0 Å². The summed E-state index contributed by atoms with van der Waals surface area (Å²) in [5.74, 6) is 1.52. The van der Waals surface area contributed by atoms with E-state index in [1.165, 1.54) is 0 Å². The summed E-state index contributed by atoms with van der Waals surface area (Å²) in [6.07, 6.45) is 5.03. The molecule has 0 aromatic heterocycles. The Morgan fingerprint density at radius 1 is 1.00 bits per heavy atom. The number of piperidine rings is 1. The Bertz CT molecular complexity index is 987. The van der Waals surface area contributed by atoms with Crippen LogP contribution in [-0.4, -0.2) is 42.6 Å². The molecule has 2 fully saturated rings. The van der Waals surface area contributed by atoms with E-state index < -0.39 is 11.1 Å². The van der Waals surface area contributed by atoms with Crippen molar-refractivity contribution >= 4 is 11.8 Å². The zero-order valence-corrected chi connectivity index (χ0v) is 17.9. The molecule has 2 aromatic rings. The van der Waals surface area contributed by atoms with E-state index >= 15 is 0 Å². The second kappa shape index (κ2) is 7.59. The molecule has 1 saturated heterocycles. The van der Waals surface area contributed by atoms with Crippen molar-refractivity contribution in [1.82, 2.24) is 10.2 Å². The quantitative estimate of drug-likeness (QED) is 0.823. The lowest BCUT2D eigenvalue weighted by molar-refractivity contribution is -0.141. The summed E-state index contributed by atoms with van der Waals surface area (Å²) in [6, 6.07) is 15.3. The minimum absolute atomic E-state index is 0.105. The maximum Gasteiger partial charge on any atom is 0.258 e. The second-order valence-electron chi connectivity index (χ2n) is 8.86. The number of para-hydroxylation sites is 1. The molecule has 2 amide bonds. The maximum absolute atomic E-state index is 13.8. The Hall–Kier alpha value is -3.02. The molecule has 6 heteroatoms.